The van der Waals surface area contributed by atoms with Gasteiger partial charge in [0.05, 0.1) is 11.7 Å². The number of halogens is 2. The molecule has 16 heavy (non-hydrogen) atoms. The van der Waals surface area contributed by atoms with Crippen LogP contribution in [0.2, 0.25) is 0 Å². The van der Waals surface area contributed by atoms with E-state index in [1.54, 1.807) is 6.07 Å². The van der Waals surface area contributed by atoms with Crippen LogP contribution in [0.25, 0.3) is 0 Å². The van der Waals surface area contributed by atoms with Crippen molar-refractivity contribution in [3.8, 4) is 5.75 Å². The fourth-order valence-electron chi connectivity index (χ4n) is 1.02. The maximum absolute atomic E-state index is 12.0. The lowest BCUT2D eigenvalue weighted by Gasteiger charge is -2.12. The molecule has 0 saturated heterocycles. The highest BCUT2D eigenvalue weighted by molar-refractivity contribution is 5.95. The third-order valence-corrected chi connectivity index (χ3v) is 1.77. The summed E-state index contributed by atoms with van der Waals surface area (Å²) in [5.41, 5.74) is 5.51. The van der Waals surface area contributed by atoms with E-state index in [0.29, 0.717) is 0 Å². The predicted molar refractivity (Wildman–Crippen MR) is 55.4 cm³/mol. The van der Waals surface area contributed by atoms with Crippen LogP contribution in [0.4, 0.5) is 14.5 Å². The molecule has 0 heterocycles. The summed E-state index contributed by atoms with van der Waals surface area (Å²) in [6.07, 6.45) is 0. The standard InChI is InChI=1S/C10H12F2N2O2/c1-6(13)9(15)14-7-4-2-3-5-8(7)16-10(11)12/h2-6,10H,13H2,1H3,(H,14,15). The van der Waals surface area contributed by atoms with Crippen LogP contribution in [0.3, 0.4) is 0 Å². The number of benzene rings is 1. The number of para-hydroxylation sites is 2. The number of ether oxygens (including phenoxy) is 1. The summed E-state index contributed by atoms with van der Waals surface area (Å²) in [6, 6.07) is 5.19. The lowest BCUT2D eigenvalue weighted by atomic mass is 10.2. The van der Waals surface area contributed by atoms with Gasteiger partial charge in [-0.25, -0.2) is 0 Å². The van der Waals surface area contributed by atoms with E-state index >= 15 is 0 Å². The average molecular weight is 230 g/mol. The van der Waals surface area contributed by atoms with Gasteiger partial charge in [-0.15, -0.1) is 0 Å². The minimum Gasteiger partial charge on any atom is -0.433 e. The van der Waals surface area contributed by atoms with Gasteiger partial charge in [-0.1, -0.05) is 12.1 Å². The van der Waals surface area contributed by atoms with Crippen LogP contribution >= 0.6 is 0 Å². The molecule has 0 spiro atoms. The number of carbonyl (C=O) groups excluding carboxylic acids is 1. The molecule has 3 N–H and O–H groups in total. The molecule has 4 nitrogen and oxygen atoms in total. The fraction of sp³-hybridized carbons (Fsp3) is 0.300. The van der Waals surface area contributed by atoms with Crippen LogP contribution in [0.5, 0.6) is 5.75 Å². The van der Waals surface area contributed by atoms with Gasteiger partial charge < -0.3 is 15.8 Å². The first kappa shape index (κ1) is 12.4. The third-order valence-electron chi connectivity index (χ3n) is 1.77. The van der Waals surface area contributed by atoms with Crippen molar-refractivity contribution in [3.63, 3.8) is 0 Å². The van der Waals surface area contributed by atoms with Gasteiger partial charge in [-0.05, 0) is 19.1 Å². The molecule has 0 fully saturated rings. The Labute approximate surface area is 91.4 Å². The first-order valence-corrected chi connectivity index (χ1v) is 4.61. The van der Waals surface area contributed by atoms with Crippen molar-refractivity contribution in [3.05, 3.63) is 24.3 Å². The zero-order valence-electron chi connectivity index (χ0n) is 8.61. The molecule has 0 aromatic heterocycles. The van der Waals surface area contributed by atoms with E-state index in [1.807, 2.05) is 0 Å². The predicted octanol–water partition coefficient (Wildman–Crippen LogP) is 1.57. The molecule has 0 aliphatic rings. The van der Waals surface area contributed by atoms with Gasteiger partial charge in [0.2, 0.25) is 5.91 Å². The Morgan fingerprint density at radius 3 is 2.62 bits per heavy atom. The smallest absolute Gasteiger partial charge is 0.387 e. The highest BCUT2D eigenvalue weighted by Gasteiger charge is 2.13. The van der Waals surface area contributed by atoms with Crippen LogP contribution in [-0.2, 0) is 4.79 Å². The number of alkyl halides is 2. The van der Waals surface area contributed by atoms with Crippen LogP contribution in [0.1, 0.15) is 6.92 Å². The number of nitrogens with two attached hydrogens (primary N) is 1. The number of carbonyl (C=O) groups is 1. The average Bonchev–Trinajstić information content (AvgIpc) is 2.20. The maximum atomic E-state index is 12.0. The van der Waals surface area contributed by atoms with Gasteiger partial charge >= 0.3 is 6.61 Å². The van der Waals surface area contributed by atoms with Crippen molar-refractivity contribution in [2.24, 2.45) is 5.73 Å². The van der Waals surface area contributed by atoms with Crippen molar-refractivity contribution in [1.82, 2.24) is 0 Å². The third kappa shape index (κ3) is 3.47. The number of anilines is 1. The van der Waals surface area contributed by atoms with Gasteiger partial charge in [0.15, 0.2) is 0 Å². The van der Waals surface area contributed by atoms with Crippen molar-refractivity contribution < 1.29 is 18.3 Å². The molecule has 0 radical (unpaired) electrons. The lowest BCUT2D eigenvalue weighted by Crippen LogP contribution is -2.32. The van der Waals surface area contributed by atoms with Crippen molar-refractivity contribution in [2.75, 3.05) is 5.32 Å². The number of hydrogen-bond acceptors (Lipinski definition) is 3. The first-order chi connectivity index (χ1) is 7.50. The molecule has 1 unspecified atom stereocenters. The molecule has 0 aliphatic carbocycles. The van der Waals surface area contributed by atoms with Crippen LogP contribution < -0.4 is 15.8 Å². The second-order valence-corrected chi connectivity index (χ2v) is 3.15. The normalized spacial score (nSPS) is 12.3. The molecule has 0 bridgehead atoms. The maximum Gasteiger partial charge on any atom is 0.387 e. The summed E-state index contributed by atoms with van der Waals surface area (Å²) in [5.74, 6) is -0.559. The number of amides is 1. The van der Waals surface area contributed by atoms with Crippen molar-refractivity contribution in [2.45, 2.75) is 19.6 Å². The van der Waals surface area contributed by atoms with E-state index in [1.165, 1.54) is 25.1 Å². The van der Waals surface area contributed by atoms with E-state index < -0.39 is 18.6 Å². The molecule has 1 rings (SSSR count). The van der Waals surface area contributed by atoms with Crippen molar-refractivity contribution >= 4 is 11.6 Å². The largest absolute Gasteiger partial charge is 0.433 e. The van der Waals surface area contributed by atoms with Crippen LogP contribution in [0, 0.1) is 0 Å². The van der Waals surface area contributed by atoms with Crippen molar-refractivity contribution in [1.29, 1.82) is 0 Å². The second-order valence-electron chi connectivity index (χ2n) is 3.15. The lowest BCUT2D eigenvalue weighted by molar-refractivity contribution is -0.117. The summed E-state index contributed by atoms with van der Waals surface area (Å²) in [4.78, 5) is 11.3. The number of rotatable bonds is 4. The topological polar surface area (TPSA) is 64.4 Å². The molecule has 0 saturated carbocycles. The molecule has 1 amide bonds. The van der Waals surface area contributed by atoms with Crippen LogP contribution in [-0.4, -0.2) is 18.6 Å². The molecule has 88 valence electrons. The molecular formula is C10H12F2N2O2. The molecule has 1 aromatic carbocycles. The Hall–Kier alpha value is -1.69. The Morgan fingerprint density at radius 1 is 1.44 bits per heavy atom. The van der Waals surface area contributed by atoms with E-state index in [2.05, 4.69) is 10.1 Å². The molecule has 1 atom stereocenters. The minimum atomic E-state index is -2.94. The van der Waals surface area contributed by atoms with Gasteiger partial charge in [0.25, 0.3) is 0 Å². The molecule has 0 aliphatic heterocycles. The molecular weight excluding hydrogens is 218 g/mol. The SMILES string of the molecule is CC(N)C(=O)Nc1ccccc1OC(F)F. The number of hydrogen-bond donors (Lipinski definition) is 2. The van der Waals surface area contributed by atoms with Crippen LogP contribution in [0.15, 0.2) is 24.3 Å². The summed E-state index contributed by atoms with van der Waals surface area (Å²) >= 11 is 0. The Balaban J connectivity index is 2.82. The Morgan fingerprint density at radius 2 is 2.06 bits per heavy atom. The zero-order valence-corrected chi connectivity index (χ0v) is 8.61. The van der Waals surface area contributed by atoms with E-state index in [0.717, 1.165) is 0 Å². The van der Waals surface area contributed by atoms with E-state index in [4.69, 9.17) is 5.73 Å². The zero-order chi connectivity index (χ0) is 12.1. The van der Waals surface area contributed by atoms with E-state index in [9.17, 15) is 13.6 Å². The Kier molecular flexibility index (Phi) is 4.19. The highest BCUT2D eigenvalue weighted by Crippen LogP contribution is 2.25. The van der Waals surface area contributed by atoms with Gasteiger partial charge in [0, 0.05) is 0 Å². The monoisotopic (exact) mass is 230 g/mol. The summed E-state index contributed by atoms with van der Waals surface area (Å²) in [6.45, 7) is -1.44. The fourth-order valence-corrected chi connectivity index (χ4v) is 1.02. The van der Waals surface area contributed by atoms with Gasteiger partial charge in [0.1, 0.15) is 5.75 Å². The molecule has 6 heteroatoms. The van der Waals surface area contributed by atoms with E-state index in [-0.39, 0.29) is 11.4 Å². The van der Waals surface area contributed by atoms with Gasteiger partial charge in [-0.2, -0.15) is 8.78 Å². The summed E-state index contributed by atoms with van der Waals surface area (Å²) in [5, 5.41) is 2.39. The minimum absolute atomic E-state index is 0.0912. The molecule has 1 aromatic rings. The highest BCUT2D eigenvalue weighted by atomic mass is 19.3. The number of nitrogens with one attached hydrogen (secondary N) is 1. The quantitative estimate of drug-likeness (QED) is 0.825. The van der Waals surface area contributed by atoms with Gasteiger partial charge in [-0.3, -0.25) is 4.79 Å². The first-order valence-electron chi connectivity index (χ1n) is 4.61. The summed E-state index contributed by atoms with van der Waals surface area (Å²) < 4.78 is 28.3. The second kappa shape index (κ2) is 5.41. The summed E-state index contributed by atoms with van der Waals surface area (Å²) in [7, 11) is 0. The Bertz CT molecular complexity index is 370.